The van der Waals surface area contributed by atoms with E-state index < -0.39 is 5.97 Å². The summed E-state index contributed by atoms with van der Waals surface area (Å²) >= 11 is 0. The fourth-order valence-corrected chi connectivity index (χ4v) is 2.19. The van der Waals surface area contributed by atoms with E-state index in [0.717, 1.165) is 5.52 Å². The summed E-state index contributed by atoms with van der Waals surface area (Å²) in [6, 6.07) is 12.0. The van der Waals surface area contributed by atoms with Crippen molar-refractivity contribution in [1.82, 2.24) is 9.38 Å². The first-order valence-electron chi connectivity index (χ1n) is 6.36. The number of hydrogen-bond acceptors (Lipinski definition) is 4. The van der Waals surface area contributed by atoms with Crippen molar-refractivity contribution in [2.75, 3.05) is 7.11 Å². The van der Waals surface area contributed by atoms with Crippen LogP contribution in [0.4, 0.5) is 0 Å². The number of aromatic nitrogens is 2. The summed E-state index contributed by atoms with van der Waals surface area (Å²) in [4.78, 5) is 28.4. The van der Waals surface area contributed by atoms with Crippen LogP contribution in [0.3, 0.4) is 0 Å². The van der Waals surface area contributed by atoms with E-state index in [0.29, 0.717) is 17.0 Å². The van der Waals surface area contributed by atoms with E-state index in [1.165, 1.54) is 13.2 Å². The van der Waals surface area contributed by atoms with Crippen LogP contribution in [-0.2, 0) is 4.74 Å². The van der Waals surface area contributed by atoms with Crippen molar-refractivity contribution >= 4 is 17.3 Å². The topological polar surface area (TPSA) is 60.7 Å². The fourth-order valence-electron chi connectivity index (χ4n) is 2.19. The van der Waals surface area contributed by atoms with Crippen molar-refractivity contribution in [2.45, 2.75) is 0 Å². The largest absolute Gasteiger partial charge is 0.465 e. The van der Waals surface area contributed by atoms with Crippen LogP contribution in [0.15, 0.2) is 54.9 Å². The van der Waals surface area contributed by atoms with Gasteiger partial charge in [0.2, 0.25) is 5.78 Å². The van der Waals surface area contributed by atoms with Crippen LogP contribution >= 0.6 is 0 Å². The monoisotopic (exact) mass is 280 g/mol. The Morgan fingerprint density at radius 1 is 1.14 bits per heavy atom. The molecule has 0 spiro atoms. The molecule has 0 unspecified atom stereocenters. The smallest absolute Gasteiger partial charge is 0.338 e. The average molecular weight is 280 g/mol. The fraction of sp³-hybridized carbons (Fsp3) is 0.0625. The molecule has 5 nitrogen and oxygen atoms in total. The van der Waals surface area contributed by atoms with Crippen LogP contribution in [0.5, 0.6) is 0 Å². The summed E-state index contributed by atoms with van der Waals surface area (Å²) in [7, 11) is 1.31. The van der Waals surface area contributed by atoms with Crippen LogP contribution in [-0.4, -0.2) is 28.2 Å². The lowest BCUT2D eigenvalue weighted by Gasteiger charge is -2.08. The molecule has 0 aliphatic rings. The molecule has 0 fully saturated rings. The number of rotatable bonds is 3. The molecule has 0 aliphatic carbocycles. The zero-order valence-electron chi connectivity index (χ0n) is 11.3. The van der Waals surface area contributed by atoms with Gasteiger partial charge in [-0.3, -0.25) is 9.78 Å². The van der Waals surface area contributed by atoms with Crippen LogP contribution in [0.2, 0.25) is 0 Å². The quantitative estimate of drug-likeness (QED) is 0.546. The SMILES string of the molecule is COC(=O)c1cc(C(=O)c2ccccn2)n2cccc2c1. The molecule has 0 saturated heterocycles. The van der Waals surface area contributed by atoms with E-state index >= 15 is 0 Å². The Hall–Kier alpha value is -2.95. The van der Waals surface area contributed by atoms with E-state index in [4.69, 9.17) is 4.74 Å². The van der Waals surface area contributed by atoms with Crippen LogP contribution in [0.1, 0.15) is 26.5 Å². The third-order valence-electron chi connectivity index (χ3n) is 3.19. The van der Waals surface area contributed by atoms with E-state index in [1.807, 2.05) is 12.1 Å². The minimum absolute atomic E-state index is 0.248. The highest BCUT2D eigenvalue weighted by Gasteiger charge is 2.17. The first-order chi connectivity index (χ1) is 10.2. The molecule has 3 aromatic heterocycles. The highest BCUT2D eigenvalue weighted by molar-refractivity contribution is 6.08. The Balaban J connectivity index is 2.19. The number of esters is 1. The number of pyridine rings is 2. The standard InChI is InChI=1S/C16H12N2O3/c1-21-16(20)11-9-12-5-4-8-18(12)14(10-11)15(19)13-6-2-3-7-17-13/h2-10H,1H3. The average Bonchev–Trinajstić information content (AvgIpc) is 3.01. The predicted octanol–water partition coefficient (Wildman–Crippen LogP) is 2.35. The second kappa shape index (κ2) is 5.20. The Kier molecular flexibility index (Phi) is 3.23. The van der Waals surface area contributed by atoms with E-state index in [2.05, 4.69) is 4.98 Å². The van der Waals surface area contributed by atoms with Gasteiger partial charge in [0.25, 0.3) is 0 Å². The first kappa shape index (κ1) is 13.1. The molecule has 3 heterocycles. The van der Waals surface area contributed by atoms with E-state index in [-0.39, 0.29) is 5.78 Å². The van der Waals surface area contributed by atoms with Gasteiger partial charge >= 0.3 is 5.97 Å². The number of methoxy groups -OCH3 is 1. The van der Waals surface area contributed by atoms with Crippen molar-refractivity contribution < 1.29 is 14.3 Å². The molecule has 0 radical (unpaired) electrons. The molecule has 0 saturated carbocycles. The molecule has 5 heteroatoms. The van der Waals surface area contributed by atoms with Gasteiger partial charge in [-0.2, -0.15) is 0 Å². The summed E-state index contributed by atoms with van der Waals surface area (Å²) < 4.78 is 6.45. The number of carbonyl (C=O) groups is 2. The normalized spacial score (nSPS) is 10.5. The highest BCUT2D eigenvalue weighted by Crippen LogP contribution is 2.16. The summed E-state index contributed by atoms with van der Waals surface area (Å²) in [5.41, 5.74) is 1.78. The van der Waals surface area contributed by atoms with Gasteiger partial charge in [-0.05, 0) is 36.4 Å². The molecule has 0 bridgehead atoms. The van der Waals surface area contributed by atoms with Crippen molar-refractivity contribution in [3.8, 4) is 0 Å². The lowest BCUT2D eigenvalue weighted by molar-refractivity contribution is 0.0600. The third-order valence-corrected chi connectivity index (χ3v) is 3.19. The Morgan fingerprint density at radius 3 is 2.71 bits per heavy atom. The summed E-state index contributed by atoms with van der Waals surface area (Å²) in [6.45, 7) is 0. The third kappa shape index (κ3) is 2.29. The van der Waals surface area contributed by atoms with Gasteiger partial charge in [0.05, 0.1) is 18.4 Å². The number of ether oxygens (including phenoxy) is 1. The zero-order chi connectivity index (χ0) is 14.8. The summed E-state index contributed by atoms with van der Waals surface area (Å²) in [5, 5.41) is 0. The first-order valence-corrected chi connectivity index (χ1v) is 6.36. The number of hydrogen-bond donors (Lipinski definition) is 0. The number of ketones is 1. The Morgan fingerprint density at radius 2 is 2.00 bits per heavy atom. The molecule has 0 N–H and O–H groups in total. The van der Waals surface area contributed by atoms with Gasteiger partial charge in [0.1, 0.15) is 5.69 Å². The summed E-state index contributed by atoms with van der Waals surface area (Å²) in [5.74, 6) is -0.726. The maximum Gasteiger partial charge on any atom is 0.338 e. The van der Waals surface area contributed by atoms with Crippen molar-refractivity contribution in [2.24, 2.45) is 0 Å². The van der Waals surface area contributed by atoms with Gasteiger partial charge in [0.15, 0.2) is 0 Å². The number of fused-ring (bicyclic) bond motifs is 1. The van der Waals surface area contributed by atoms with Crippen LogP contribution in [0, 0.1) is 0 Å². The van der Waals surface area contributed by atoms with Gasteiger partial charge in [-0.25, -0.2) is 4.79 Å². The van der Waals surface area contributed by atoms with Gasteiger partial charge in [0, 0.05) is 17.9 Å². The lowest BCUT2D eigenvalue weighted by Crippen LogP contribution is -2.12. The Labute approximate surface area is 120 Å². The highest BCUT2D eigenvalue weighted by atomic mass is 16.5. The van der Waals surface area contributed by atoms with Crippen LogP contribution < -0.4 is 0 Å². The molecular formula is C16H12N2O3. The molecule has 3 rings (SSSR count). The minimum Gasteiger partial charge on any atom is -0.465 e. The second-order valence-electron chi connectivity index (χ2n) is 4.47. The van der Waals surface area contributed by atoms with Gasteiger partial charge in [-0.1, -0.05) is 6.07 Å². The second-order valence-corrected chi connectivity index (χ2v) is 4.47. The molecule has 0 amide bonds. The molecule has 0 atom stereocenters. The van der Waals surface area contributed by atoms with Gasteiger partial charge < -0.3 is 9.14 Å². The molecule has 104 valence electrons. The van der Waals surface area contributed by atoms with Crippen molar-refractivity contribution in [3.63, 3.8) is 0 Å². The predicted molar refractivity (Wildman–Crippen MR) is 76.4 cm³/mol. The molecule has 3 aromatic rings. The Bertz CT molecular complexity index is 822. The van der Waals surface area contributed by atoms with E-state index in [1.54, 1.807) is 41.1 Å². The van der Waals surface area contributed by atoms with E-state index in [9.17, 15) is 9.59 Å². The maximum absolute atomic E-state index is 12.6. The van der Waals surface area contributed by atoms with Crippen molar-refractivity contribution in [1.29, 1.82) is 0 Å². The molecular weight excluding hydrogens is 268 g/mol. The number of carbonyl (C=O) groups excluding carboxylic acids is 2. The number of nitrogens with zero attached hydrogens (tertiary/aromatic N) is 2. The lowest BCUT2D eigenvalue weighted by atomic mass is 10.1. The molecule has 0 aromatic carbocycles. The maximum atomic E-state index is 12.6. The summed E-state index contributed by atoms with van der Waals surface area (Å²) in [6.07, 6.45) is 3.33. The van der Waals surface area contributed by atoms with Crippen LogP contribution in [0.25, 0.3) is 5.52 Å². The molecule has 0 aliphatic heterocycles. The van der Waals surface area contributed by atoms with Crippen molar-refractivity contribution in [3.05, 3.63) is 71.8 Å². The minimum atomic E-state index is -0.478. The zero-order valence-corrected chi connectivity index (χ0v) is 11.3. The van der Waals surface area contributed by atoms with Gasteiger partial charge in [-0.15, -0.1) is 0 Å². The molecule has 21 heavy (non-hydrogen) atoms.